The zero-order valence-electron chi connectivity index (χ0n) is 11.5. The summed E-state index contributed by atoms with van der Waals surface area (Å²) in [5, 5.41) is 29.2. The van der Waals surface area contributed by atoms with Gasteiger partial charge in [-0.25, -0.2) is 0 Å². The molecule has 1 atom stereocenters. The summed E-state index contributed by atoms with van der Waals surface area (Å²) >= 11 is 0. The van der Waals surface area contributed by atoms with Crippen molar-refractivity contribution in [2.24, 2.45) is 5.73 Å². The van der Waals surface area contributed by atoms with Crippen LogP contribution in [0, 0.1) is 10.1 Å². The van der Waals surface area contributed by atoms with Gasteiger partial charge in [0, 0.05) is 12.1 Å². The Bertz CT molecular complexity index is 712. The minimum atomic E-state index is -1.17. The Labute approximate surface area is 125 Å². The van der Waals surface area contributed by atoms with Crippen LogP contribution in [0.3, 0.4) is 0 Å². The topological polar surface area (TPSA) is 127 Å². The molecule has 0 radical (unpaired) electrons. The van der Waals surface area contributed by atoms with E-state index in [0.717, 1.165) is 0 Å². The fourth-order valence-corrected chi connectivity index (χ4v) is 2.06. The SMILES string of the molecule is NC(Cc1cc(-c2ccc(O)cc2)cc([N+](=O)[O-])c1)C(=O)O. The molecule has 0 heterocycles. The van der Waals surface area contributed by atoms with E-state index >= 15 is 0 Å². The number of nitro groups is 1. The van der Waals surface area contributed by atoms with Gasteiger partial charge in [0.15, 0.2) is 0 Å². The molecule has 0 spiro atoms. The molecule has 7 nitrogen and oxygen atoms in total. The van der Waals surface area contributed by atoms with E-state index in [9.17, 15) is 20.0 Å². The molecule has 22 heavy (non-hydrogen) atoms. The van der Waals surface area contributed by atoms with Crippen molar-refractivity contribution in [2.45, 2.75) is 12.5 Å². The highest BCUT2D eigenvalue weighted by Crippen LogP contribution is 2.27. The second-order valence-electron chi connectivity index (χ2n) is 4.84. The summed E-state index contributed by atoms with van der Waals surface area (Å²) in [5.74, 6) is -1.08. The lowest BCUT2D eigenvalue weighted by molar-refractivity contribution is -0.384. The maximum Gasteiger partial charge on any atom is 0.320 e. The van der Waals surface area contributed by atoms with E-state index < -0.39 is 16.9 Å². The van der Waals surface area contributed by atoms with Gasteiger partial charge in [0.2, 0.25) is 0 Å². The van der Waals surface area contributed by atoms with E-state index in [4.69, 9.17) is 10.8 Å². The number of nitro benzene ring substituents is 1. The third kappa shape index (κ3) is 3.58. The quantitative estimate of drug-likeness (QED) is 0.572. The number of non-ortho nitro benzene ring substituents is 1. The molecule has 0 aromatic heterocycles. The lowest BCUT2D eigenvalue weighted by Crippen LogP contribution is -2.32. The molecule has 2 aromatic carbocycles. The fraction of sp³-hybridized carbons (Fsp3) is 0.133. The average molecular weight is 302 g/mol. The van der Waals surface area contributed by atoms with Gasteiger partial charge in [-0.15, -0.1) is 0 Å². The lowest BCUT2D eigenvalue weighted by atomic mass is 9.98. The first-order chi connectivity index (χ1) is 10.4. The predicted octanol–water partition coefficient (Wildman–Crippen LogP) is 1.92. The van der Waals surface area contributed by atoms with Crippen molar-refractivity contribution in [1.82, 2.24) is 0 Å². The van der Waals surface area contributed by atoms with Crippen molar-refractivity contribution < 1.29 is 19.9 Å². The summed E-state index contributed by atoms with van der Waals surface area (Å²) in [6.45, 7) is 0. The monoisotopic (exact) mass is 302 g/mol. The Balaban J connectivity index is 2.45. The third-order valence-corrected chi connectivity index (χ3v) is 3.16. The van der Waals surface area contributed by atoms with Crippen LogP contribution in [0.5, 0.6) is 5.75 Å². The Morgan fingerprint density at radius 1 is 1.18 bits per heavy atom. The van der Waals surface area contributed by atoms with Crippen LogP contribution in [-0.4, -0.2) is 27.1 Å². The first-order valence-corrected chi connectivity index (χ1v) is 6.43. The summed E-state index contributed by atoms with van der Waals surface area (Å²) < 4.78 is 0. The third-order valence-electron chi connectivity index (χ3n) is 3.16. The molecule has 0 aliphatic carbocycles. The molecule has 0 aliphatic heterocycles. The van der Waals surface area contributed by atoms with Crippen LogP contribution in [0.25, 0.3) is 11.1 Å². The molecule has 2 aromatic rings. The second-order valence-corrected chi connectivity index (χ2v) is 4.84. The van der Waals surface area contributed by atoms with Gasteiger partial charge in [0.05, 0.1) is 4.92 Å². The zero-order valence-corrected chi connectivity index (χ0v) is 11.5. The Hall–Kier alpha value is -2.93. The molecule has 114 valence electrons. The van der Waals surface area contributed by atoms with Gasteiger partial charge in [-0.1, -0.05) is 18.2 Å². The van der Waals surface area contributed by atoms with Crippen LogP contribution in [0.4, 0.5) is 5.69 Å². The normalized spacial score (nSPS) is 11.9. The van der Waals surface area contributed by atoms with Crippen molar-refractivity contribution >= 4 is 11.7 Å². The number of carboxylic acid groups (broad SMARTS) is 1. The molecule has 0 amide bonds. The first-order valence-electron chi connectivity index (χ1n) is 6.43. The lowest BCUT2D eigenvalue weighted by Gasteiger charge is -2.09. The van der Waals surface area contributed by atoms with Gasteiger partial charge in [-0.2, -0.15) is 0 Å². The number of nitrogens with zero attached hydrogens (tertiary/aromatic N) is 1. The van der Waals surface area contributed by atoms with Crippen molar-refractivity contribution in [3.05, 3.63) is 58.1 Å². The molecule has 0 bridgehead atoms. The summed E-state index contributed by atoms with van der Waals surface area (Å²) in [6.07, 6.45) is -0.0118. The minimum Gasteiger partial charge on any atom is -0.508 e. The molecule has 4 N–H and O–H groups in total. The van der Waals surface area contributed by atoms with E-state index in [1.807, 2.05) is 0 Å². The number of hydrogen-bond acceptors (Lipinski definition) is 5. The van der Waals surface area contributed by atoms with Crippen LogP contribution in [0.2, 0.25) is 0 Å². The molecule has 1 unspecified atom stereocenters. The number of carbonyl (C=O) groups is 1. The van der Waals surface area contributed by atoms with Gasteiger partial charge in [-0.3, -0.25) is 14.9 Å². The number of aliphatic carboxylic acids is 1. The van der Waals surface area contributed by atoms with Gasteiger partial charge < -0.3 is 15.9 Å². The average Bonchev–Trinajstić information content (AvgIpc) is 2.47. The van der Waals surface area contributed by atoms with Crippen LogP contribution in [0.15, 0.2) is 42.5 Å². The van der Waals surface area contributed by atoms with Crippen LogP contribution >= 0.6 is 0 Å². The van der Waals surface area contributed by atoms with E-state index in [1.165, 1.54) is 24.3 Å². The minimum absolute atomic E-state index is 0.0118. The van der Waals surface area contributed by atoms with Crippen LogP contribution in [0.1, 0.15) is 5.56 Å². The summed E-state index contributed by atoms with van der Waals surface area (Å²) in [4.78, 5) is 21.3. The Kier molecular flexibility index (Phi) is 4.38. The maximum atomic E-state index is 11.0. The molecule has 0 fully saturated rings. The summed E-state index contributed by atoms with van der Waals surface area (Å²) in [6, 6.07) is 9.41. The zero-order chi connectivity index (χ0) is 16.3. The van der Waals surface area contributed by atoms with Gasteiger partial charge in [0.25, 0.3) is 5.69 Å². The maximum absolute atomic E-state index is 11.0. The van der Waals surface area contributed by atoms with Crippen molar-refractivity contribution in [3.8, 4) is 16.9 Å². The molecular weight excluding hydrogens is 288 g/mol. The summed E-state index contributed by atoms with van der Waals surface area (Å²) in [7, 11) is 0. The highest BCUT2D eigenvalue weighted by Gasteiger charge is 2.16. The molecule has 7 heteroatoms. The first kappa shape index (κ1) is 15.5. The van der Waals surface area contributed by atoms with E-state index in [2.05, 4.69) is 0 Å². The second kappa shape index (κ2) is 6.23. The Morgan fingerprint density at radius 2 is 1.82 bits per heavy atom. The molecule has 0 aliphatic rings. The summed E-state index contributed by atoms with van der Waals surface area (Å²) in [5.41, 5.74) is 7.04. The largest absolute Gasteiger partial charge is 0.508 e. The number of nitrogens with two attached hydrogens (primary N) is 1. The van der Waals surface area contributed by atoms with Gasteiger partial charge in [-0.05, 0) is 35.2 Å². The fourth-order valence-electron chi connectivity index (χ4n) is 2.06. The molecule has 2 rings (SSSR count). The number of hydrogen-bond donors (Lipinski definition) is 3. The van der Waals surface area contributed by atoms with Gasteiger partial charge >= 0.3 is 5.97 Å². The van der Waals surface area contributed by atoms with Crippen molar-refractivity contribution in [1.29, 1.82) is 0 Å². The predicted molar refractivity (Wildman–Crippen MR) is 79.5 cm³/mol. The Morgan fingerprint density at radius 3 is 2.36 bits per heavy atom. The van der Waals surface area contributed by atoms with Gasteiger partial charge in [0.1, 0.15) is 11.8 Å². The molecule has 0 saturated heterocycles. The van der Waals surface area contributed by atoms with E-state index in [1.54, 1.807) is 18.2 Å². The molecular formula is C15H14N2O5. The van der Waals surface area contributed by atoms with Crippen molar-refractivity contribution in [2.75, 3.05) is 0 Å². The van der Waals surface area contributed by atoms with Crippen LogP contribution < -0.4 is 5.73 Å². The van der Waals surface area contributed by atoms with Crippen LogP contribution in [-0.2, 0) is 11.2 Å². The number of phenols is 1. The number of aromatic hydroxyl groups is 1. The van der Waals surface area contributed by atoms with E-state index in [0.29, 0.717) is 16.7 Å². The standard InChI is InChI=1S/C15H14N2O5/c16-14(15(19)20)7-9-5-11(8-12(6-9)17(21)22)10-1-3-13(18)4-2-10/h1-6,8,14,18H,7,16H2,(H,19,20). The highest BCUT2D eigenvalue weighted by atomic mass is 16.6. The highest BCUT2D eigenvalue weighted by molar-refractivity contribution is 5.74. The number of rotatable bonds is 5. The van der Waals surface area contributed by atoms with E-state index in [-0.39, 0.29) is 17.9 Å². The number of benzene rings is 2. The number of carboxylic acids is 1. The smallest absolute Gasteiger partial charge is 0.320 e. The van der Waals surface area contributed by atoms with Crippen molar-refractivity contribution in [3.63, 3.8) is 0 Å². The molecule has 0 saturated carbocycles. The number of phenolic OH excluding ortho intramolecular Hbond substituents is 1.